The molecule has 3 amide bonds. The number of ether oxygens (including phenoxy) is 1. The molecule has 0 aromatic heterocycles. The van der Waals surface area contributed by atoms with Crippen molar-refractivity contribution in [2.45, 2.75) is 25.4 Å². The summed E-state index contributed by atoms with van der Waals surface area (Å²) in [6.07, 6.45) is 0.924. The molecule has 0 spiro atoms. The van der Waals surface area contributed by atoms with Gasteiger partial charge in [0.1, 0.15) is 11.3 Å². The Labute approximate surface area is 158 Å². The summed E-state index contributed by atoms with van der Waals surface area (Å²) in [6.45, 7) is 3.60. The van der Waals surface area contributed by atoms with E-state index in [0.717, 1.165) is 19.5 Å². The van der Waals surface area contributed by atoms with Crippen LogP contribution in [0.2, 0.25) is 0 Å². The zero-order chi connectivity index (χ0) is 19.0. The van der Waals surface area contributed by atoms with Crippen LogP contribution in [0.5, 0.6) is 5.75 Å². The summed E-state index contributed by atoms with van der Waals surface area (Å²) >= 11 is 0. The maximum absolute atomic E-state index is 13.1. The van der Waals surface area contributed by atoms with Crippen LogP contribution in [0.4, 0.5) is 4.79 Å². The van der Waals surface area contributed by atoms with Crippen molar-refractivity contribution in [2.24, 2.45) is 0 Å². The average molecular weight is 365 g/mol. The molecule has 1 fully saturated rings. The molecule has 1 saturated heterocycles. The summed E-state index contributed by atoms with van der Waals surface area (Å²) in [5, 5.41) is 2.86. The van der Waals surface area contributed by atoms with Crippen molar-refractivity contribution in [1.82, 2.24) is 15.1 Å². The summed E-state index contributed by atoms with van der Waals surface area (Å²) in [6, 6.07) is 15.2. The first-order valence-electron chi connectivity index (χ1n) is 9.09. The van der Waals surface area contributed by atoms with Crippen LogP contribution >= 0.6 is 0 Å². The fourth-order valence-corrected chi connectivity index (χ4v) is 3.83. The van der Waals surface area contributed by atoms with Gasteiger partial charge in [0.2, 0.25) is 0 Å². The van der Waals surface area contributed by atoms with Crippen LogP contribution in [0.15, 0.2) is 48.5 Å². The van der Waals surface area contributed by atoms with E-state index in [-0.39, 0.29) is 11.9 Å². The fourth-order valence-electron chi connectivity index (χ4n) is 3.83. The predicted molar refractivity (Wildman–Crippen MR) is 101 cm³/mol. The number of nitrogens with zero attached hydrogens (tertiary/aromatic N) is 2. The number of nitrogens with one attached hydrogen (secondary N) is 1. The smallest absolute Gasteiger partial charge is 0.326 e. The van der Waals surface area contributed by atoms with E-state index >= 15 is 0 Å². The Morgan fingerprint density at radius 3 is 2.67 bits per heavy atom. The third kappa shape index (κ3) is 3.06. The standard InChI is InChI=1S/C21H23N3O3/c1-21(17-8-5-9-18(12-17)27-2)19(25)24(20(26)22-21)14-23-11-10-15-6-3-4-7-16(15)13-23/h3-9,12H,10-11,13-14H2,1-2H3,(H,22,26)/t21-/m1/s1. The number of imide groups is 1. The fraction of sp³-hybridized carbons (Fsp3) is 0.333. The number of carbonyl (C=O) groups excluding carboxylic acids is 2. The number of fused-ring (bicyclic) bond motifs is 1. The zero-order valence-corrected chi connectivity index (χ0v) is 15.6. The Kier molecular flexibility index (Phi) is 4.36. The van der Waals surface area contributed by atoms with Crippen molar-refractivity contribution in [3.05, 3.63) is 65.2 Å². The normalized spacial score (nSPS) is 22.5. The summed E-state index contributed by atoms with van der Waals surface area (Å²) in [7, 11) is 1.58. The van der Waals surface area contributed by atoms with Gasteiger partial charge >= 0.3 is 6.03 Å². The van der Waals surface area contributed by atoms with Crippen LogP contribution in [0.1, 0.15) is 23.6 Å². The molecule has 0 radical (unpaired) electrons. The van der Waals surface area contributed by atoms with Gasteiger partial charge in [-0.05, 0) is 42.2 Å². The third-order valence-electron chi connectivity index (χ3n) is 5.47. The molecule has 0 bridgehead atoms. The highest BCUT2D eigenvalue weighted by Crippen LogP contribution is 2.31. The Balaban J connectivity index is 1.53. The largest absolute Gasteiger partial charge is 0.497 e. The third-order valence-corrected chi connectivity index (χ3v) is 5.47. The maximum Gasteiger partial charge on any atom is 0.326 e. The lowest BCUT2D eigenvalue weighted by atomic mass is 9.92. The monoisotopic (exact) mass is 365 g/mol. The van der Waals surface area contributed by atoms with E-state index in [0.29, 0.717) is 18.0 Å². The zero-order valence-electron chi connectivity index (χ0n) is 15.6. The molecule has 2 heterocycles. The van der Waals surface area contributed by atoms with E-state index in [1.807, 2.05) is 30.3 Å². The molecule has 0 aliphatic carbocycles. The highest BCUT2D eigenvalue weighted by molar-refractivity contribution is 6.07. The first kappa shape index (κ1) is 17.5. The molecule has 1 atom stereocenters. The number of methoxy groups -OCH3 is 1. The van der Waals surface area contributed by atoms with Crippen molar-refractivity contribution < 1.29 is 14.3 Å². The van der Waals surface area contributed by atoms with Crippen molar-refractivity contribution in [3.63, 3.8) is 0 Å². The van der Waals surface area contributed by atoms with Gasteiger partial charge in [-0.15, -0.1) is 0 Å². The number of rotatable bonds is 4. The van der Waals surface area contributed by atoms with Gasteiger partial charge in [-0.1, -0.05) is 36.4 Å². The predicted octanol–water partition coefficient (Wildman–Crippen LogP) is 2.48. The van der Waals surface area contributed by atoms with E-state index < -0.39 is 5.54 Å². The van der Waals surface area contributed by atoms with Gasteiger partial charge in [0.25, 0.3) is 5.91 Å². The maximum atomic E-state index is 13.1. The van der Waals surface area contributed by atoms with Gasteiger partial charge in [0, 0.05) is 13.1 Å². The lowest BCUT2D eigenvalue weighted by Gasteiger charge is -2.31. The number of urea groups is 1. The molecule has 27 heavy (non-hydrogen) atoms. The van der Waals surface area contributed by atoms with Crippen molar-refractivity contribution in [1.29, 1.82) is 0 Å². The van der Waals surface area contributed by atoms with E-state index in [4.69, 9.17) is 4.74 Å². The Hall–Kier alpha value is -2.86. The van der Waals surface area contributed by atoms with Crippen LogP contribution in [0, 0.1) is 0 Å². The van der Waals surface area contributed by atoms with Crippen LogP contribution in [0.25, 0.3) is 0 Å². The van der Waals surface area contributed by atoms with E-state index in [1.54, 1.807) is 20.1 Å². The van der Waals surface area contributed by atoms with Gasteiger partial charge in [0.15, 0.2) is 0 Å². The number of carbonyl (C=O) groups is 2. The first-order valence-corrected chi connectivity index (χ1v) is 9.09. The molecule has 0 saturated carbocycles. The summed E-state index contributed by atoms with van der Waals surface area (Å²) in [5.74, 6) is 0.418. The molecule has 1 N–H and O–H groups in total. The van der Waals surface area contributed by atoms with Gasteiger partial charge in [0.05, 0.1) is 13.8 Å². The summed E-state index contributed by atoms with van der Waals surface area (Å²) < 4.78 is 5.26. The van der Waals surface area contributed by atoms with Gasteiger partial charge < -0.3 is 10.1 Å². The van der Waals surface area contributed by atoms with Crippen molar-refractivity contribution >= 4 is 11.9 Å². The number of hydrogen-bond acceptors (Lipinski definition) is 4. The van der Waals surface area contributed by atoms with Crippen LogP contribution in [-0.4, -0.2) is 42.1 Å². The van der Waals surface area contributed by atoms with Gasteiger partial charge in [-0.2, -0.15) is 0 Å². The second-order valence-corrected chi connectivity index (χ2v) is 7.23. The molecule has 2 aliphatic rings. The molecule has 2 aliphatic heterocycles. The highest BCUT2D eigenvalue weighted by atomic mass is 16.5. The summed E-state index contributed by atoms with van der Waals surface area (Å²) in [5.41, 5.74) is 2.23. The molecule has 4 rings (SSSR count). The average Bonchev–Trinajstić information content (AvgIpc) is 2.92. The van der Waals surface area contributed by atoms with Gasteiger partial charge in [-0.3, -0.25) is 9.69 Å². The van der Waals surface area contributed by atoms with Crippen LogP contribution in [0.3, 0.4) is 0 Å². The lowest BCUT2D eigenvalue weighted by molar-refractivity contribution is -0.132. The molecule has 140 valence electrons. The molecule has 6 heteroatoms. The number of benzene rings is 2. The lowest BCUT2D eigenvalue weighted by Crippen LogP contribution is -2.45. The van der Waals surface area contributed by atoms with E-state index in [9.17, 15) is 9.59 Å². The quantitative estimate of drug-likeness (QED) is 0.846. The first-order chi connectivity index (χ1) is 13.0. The SMILES string of the molecule is COc1cccc([C@@]2(C)NC(=O)N(CN3CCc4ccccc4C3)C2=O)c1. The molecular weight excluding hydrogens is 342 g/mol. The Morgan fingerprint density at radius 2 is 1.89 bits per heavy atom. The topological polar surface area (TPSA) is 61.9 Å². The second kappa shape index (κ2) is 6.70. The Bertz CT molecular complexity index is 898. The molecule has 2 aromatic rings. The molecule has 0 unspecified atom stereocenters. The number of amides is 3. The summed E-state index contributed by atoms with van der Waals surface area (Å²) in [4.78, 5) is 29.2. The molecule has 6 nitrogen and oxygen atoms in total. The van der Waals surface area contributed by atoms with Crippen molar-refractivity contribution in [2.75, 3.05) is 20.3 Å². The number of hydrogen-bond donors (Lipinski definition) is 1. The van der Waals surface area contributed by atoms with Crippen LogP contribution < -0.4 is 10.1 Å². The molecular formula is C21H23N3O3. The van der Waals surface area contributed by atoms with Gasteiger partial charge in [-0.25, -0.2) is 9.69 Å². The van der Waals surface area contributed by atoms with Crippen molar-refractivity contribution in [3.8, 4) is 5.75 Å². The minimum Gasteiger partial charge on any atom is -0.497 e. The minimum atomic E-state index is -1.08. The van der Waals surface area contributed by atoms with Crippen LogP contribution in [-0.2, 0) is 23.3 Å². The molecule has 2 aromatic carbocycles. The second-order valence-electron chi connectivity index (χ2n) is 7.23. The minimum absolute atomic E-state index is 0.236. The highest BCUT2D eigenvalue weighted by Gasteiger charge is 2.49. The van der Waals surface area contributed by atoms with E-state index in [2.05, 4.69) is 22.3 Å². The van der Waals surface area contributed by atoms with E-state index in [1.165, 1.54) is 16.0 Å². The Morgan fingerprint density at radius 1 is 1.11 bits per heavy atom.